The molecule has 0 aromatic heterocycles. The van der Waals surface area contributed by atoms with E-state index in [0.29, 0.717) is 12.5 Å². The van der Waals surface area contributed by atoms with Crippen molar-refractivity contribution in [3.05, 3.63) is 23.8 Å². The second-order valence-corrected chi connectivity index (χ2v) is 6.64. The Hall–Kier alpha value is -1.55. The van der Waals surface area contributed by atoms with Crippen LogP contribution in [0.2, 0.25) is 0 Å². The molecule has 1 aliphatic heterocycles. The number of amides is 1. The number of rotatable bonds is 4. The van der Waals surface area contributed by atoms with E-state index in [1.54, 1.807) is 0 Å². The van der Waals surface area contributed by atoms with E-state index in [1.165, 1.54) is 0 Å². The number of anilines is 1. The number of hydrogen-bond acceptors (Lipinski definition) is 3. The quantitative estimate of drug-likeness (QED) is 0.927. The average molecular weight is 290 g/mol. The summed E-state index contributed by atoms with van der Waals surface area (Å²) in [4.78, 5) is 14.6. The van der Waals surface area contributed by atoms with Crippen LogP contribution in [0.3, 0.4) is 0 Å². The zero-order chi connectivity index (χ0) is 15.7. The maximum atomic E-state index is 12.7. The third kappa shape index (κ3) is 3.21. The molecule has 1 aromatic carbocycles. The molecule has 21 heavy (non-hydrogen) atoms. The first kappa shape index (κ1) is 15.8. The van der Waals surface area contributed by atoms with Crippen LogP contribution >= 0.6 is 0 Å². The molecule has 1 aromatic rings. The number of nitrogens with zero attached hydrogens (tertiary/aromatic N) is 1. The second kappa shape index (κ2) is 6.06. The molecule has 0 saturated carbocycles. The van der Waals surface area contributed by atoms with E-state index in [2.05, 4.69) is 13.8 Å². The molecule has 0 bridgehead atoms. The Labute approximate surface area is 127 Å². The van der Waals surface area contributed by atoms with Crippen LogP contribution < -0.4 is 15.4 Å². The Morgan fingerprint density at radius 2 is 1.90 bits per heavy atom. The van der Waals surface area contributed by atoms with Gasteiger partial charge in [0.25, 0.3) is 5.91 Å². The molecule has 0 spiro atoms. The lowest BCUT2D eigenvalue weighted by atomic mass is 10.00. The molecule has 0 aliphatic carbocycles. The summed E-state index contributed by atoms with van der Waals surface area (Å²) in [5.74, 6) is 1.37. The third-order valence-electron chi connectivity index (χ3n) is 3.72. The molecule has 0 fully saturated rings. The van der Waals surface area contributed by atoms with Crippen molar-refractivity contribution in [3.8, 4) is 5.75 Å². The van der Waals surface area contributed by atoms with E-state index in [1.807, 2.05) is 43.9 Å². The lowest BCUT2D eigenvalue weighted by Crippen LogP contribution is -2.49. The first-order chi connectivity index (χ1) is 9.81. The summed E-state index contributed by atoms with van der Waals surface area (Å²) in [6, 6.07) is 5.83. The average Bonchev–Trinajstić information content (AvgIpc) is 2.40. The van der Waals surface area contributed by atoms with Gasteiger partial charge >= 0.3 is 0 Å². The van der Waals surface area contributed by atoms with Crippen LogP contribution in [-0.2, 0) is 4.79 Å². The minimum Gasteiger partial charge on any atom is -0.478 e. The molecule has 4 heteroatoms. The van der Waals surface area contributed by atoms with Crippen molar-refractivity contribution < 1.29 is 9.53 Å². The van der Waals surface area contributed by atoms with Gasteiger partial charge in [0.15, 0.2) is 6.10 Å². The highest BCUT2D eigenvalue weighted by molar-refractivity contribution is 6.00. The summed E-state index contributed by atoms with van der Waals surface area (Å²) in [6.45, 7) is 10.9. The van der Waals surface area contributed by atoms with E-state index in [9.17, 15) is 4.79 Å². The van der Waals surface area contributed by atoms with Crippen molar-refractivity contribution in [1.29, 1.82) is 0 Å². The van der Waals surface area contributed by atoms with Crippen molar-refractivity contribution in [1.82, 2.24) is 0 Å². The molecule has 2 unspecified atom stereocenters. The van der Waals surface area contributed by atoms with Crippen LogP contribution in [0.4, 0.5) is 5.69 Å². The lowest BCUT2D eigenvalue weighted by molar-refractivity contribution is -0.128. The Kier molecular flexibility index (Phi) is 4.57. The topological polar surface area (TPSA) is 55.6 Å². The fourth-order valence-corrected chi connectivity index (χ4v) is 2.56. The van der Waals surface area contributed by atoms with Crippen molar-refractivity contribution in [2.24, 2.45) is 17.6 Å². The van der Waals surface area contributed by atoms with E-state index in [0.717, 1.165) is 17.0 Å². The van der Waals surface area contributed by atoms with E-state index < -0.39 is 6.10 Å². The molecule has 2 rings (SSSR count). The van der Waals surface area contributed by atoms with Crippen molar-refractivity contribution in [3.63, 3.8) is 0 Å². The fraction of sp³-hybridized carbons (Fsp3) is 0.588. The van der Waals surface area contributed by atoms with E-state index in [-0.39, 0.29) is 17.9 Å². The number of benzene rings is 1. The highest BCUT2D eigenvalue weighted by Gasteiger charge is 2.36. The molecular formula is C17H26N2O2. The van der Waals surface area contributed by atoms with Crippen LogP contribution in [0.25, 0.3) is 0 Å². The Bertz CT molecular complexity index is 524. The smallest absolute Gasteiger partial charge is 0.268 e. The van der Waals surface area contributed by atoms with Gasteiger partial charge in [-0.05, 0) is 36.5 Å². The highest BCUT2D eigenvalue weighted by Crippen LogP contribution is 2.37. The molecule has 116 valence electrons. The lowest BCUT2D eigenvalue weighted by Gasteiger charge is -2.37. The van der Waals surface area contributed by atoms with Gasteiger partial charge in [0, 0.05) is 12.6 Å². The molecular weight excluding hydrogens is 264 g/mol. The Morgan fingerprint density at radius 1 is 1.24 bits per heavy atom. The maximum absolute atomic E-state index is 12.7. The number of carbonyl (C=O) groups excluding carboxylic acids is 1. The van der Waals surface area contributed by atoms with Crippen LogP contribution in [0.5, 0.6) is 5.75 Å². The van der Waals surface area contributed by atoms with Gasteiger partial charge in [-0.25, -0.2) is 0 Å². The van der Waals surface area contributed by atoms with Crippen molar-refractivity contribution in [2.75, 3.05) is 11.4 Å². The predicted molar refractivity (Wildman–Crippen MR) is 85.5 cm³/mol. The standard InChI is InChI=1S/C17H26N2O2/c1-10(2)9-19-14-8-13(12(5)18)6-7-15(14)21-16(11(3)4)17(19)20/h6-8,10-12,16H,9,18H2,1-5H3. The zero-order valence-electron chi connectivity index (χ0n) is 13.6. The summed E-state index contributed by atoms with van der Waals surface area (Å²) >= 11 is 0. The monoisotopic (exact) mass is 290 g/mol. The van der Waals surface area contributed by atoms with Gasteiger partial charge < -0.3 is 15.4 Å². The summed E-state index contributed by atoms with van der Waals surface area (Å²) in [7, 11) is 0. The summed E-state index contributed by atoms with van der Waals surface area (Å²) < 4.78 is 5.92. The molecule has 2 atom stereocenters. The Morgan fingerprint density at radius 3 is 2.43 bits per heavy atom. The minimum absolute atomic E-state index is 0.0491. The number of fused-ring (bicyclic) bond motifs is 1. The van der Waals surface area contributed by atoms with Crippen LogP contribution in [0.1, 0.15) is 46.2 Å². The maximum Gasteiger partial charge on any atom is 0.268 e. The fourth-order valence-electron chi connectivity index (χ4n) is 2.56. The summed E-state index contributed by atoms with van der Waals surface area (Å²) in [6.07, 6.45) is -0.405. The van der Waals surface area contributed by atoms with Gasteiger partial charge in [0.1, 0.15) is 5.75 Å². The van der Waals surface area contributed by atoms with Crippen LogP contribution in [0, 0.1) is 11.8 Å². The van der Waals surface area contributed by atoms with Gasteiger partial charge in [-0.2, -0.15) is 0 Å². The first-order valence-corrected chi connectivity index (χ1v) is 7.68. The van der Waals surface area contributed by atoms with E-state index >= 15 is 0 Å². The molecule has 0 saturated heterocycles. The number of carbonyl (C=O) groups is 1. The highest BCUT2D eigenvalue weighted by atomic mass is 16.5. The molecule has 4 nitrogen and oxygen atoms in total. The van der Waals surface area contributed by atoms with Gasteiger partial charge in [-0.3, -0.25) is 4.79 Å². The van der Waals surface area contributed by atoms with Crippen LogP contribution in [0.15, 0.2) is 18.2 Å². The number of ether oxygens (including phenoxy) is 1. The summed E-state index contributed by atoms with van der Waals surface area (Å²) in [5.41, 5.74) is 7.82. The predicted octanol–water partition coefficient (Wildman–Crippen LogP) is 3.11. The largest absolute Gasteiger partial charge is 0.478 e. The van der Waals surface area contributed by atoms with Gasteiger partial charge in [-0.15, -0.1) is 0 Å². The zero-order valence-corrected chi connectivity index (χ0v) is 13.6. The van der Waals surface area contributed by atoms with Gasteiger partial charge in [-0.1, -0.05) is 33.8 Å². The Balaban J connectivity index is 2.46. The SMILES string of the molecule is CC(C)CN1C(=O)C(C(C)C)Oc2ccc(C(C)N)cc21. The van der Waals surface area contributed by atoms with Gasteiger partial charge in [0.2, 0.25) is 0 Å². The molecule has 0 radical (unpaired) electrons. The number of nitrogens with two attached hydrogens (primary N) is 1. The van der Waals surface area contributed by atoms with Crippen molar-refractivity contribution in [2.45, 2.75) is 46.8 Å². The first-order valence-electron chi connectivity index (χ1n) is 7.68. The summed E-state index contributed by atoms with van der Waals surface area (Å²) in [5, 5.41) is 0. The minimum atomic E-state index is -0.405. The van der Waals surface area contributed by atoms with Gasteiger partial charge in [0.05, 0.1) is 5.69 Å². The molecule has 2 N–H and O–H groups in total. The third-order valence-corrected chi connectivity index (χ3v) is 3.72. The second-order valence-electron chi connectivity index (χ2n) is 6.64. The molecule has 1 heterocycles. The molecule has 1 aliphatic rings. The van der Waals surface area contributed by atoms with Crippen molar-refractivity contribution >= 4 is 11.6 Å². The normalized spacial score (nSPS) is 19.7. The number of hydrogen-bond donors (Lipinski definition) is 1. The van der Waals surface area contributed by atoms with E-state index in [4.69, 9.17) is 10.5 Å². The molecule has 1 amide bonds. The van der Waals surface area contributed by atoms with Crippen LogP contribution in [-0.4, -0.2) is 18.6 Å².